The molecule has 0 saturated carbocycles. The van der Waals surface area contributed by atoms with E-state index in [1.54, 1.807) is 0 Å². The minimum Gasteiger partial charge on any atom is -0.346 e. The molecule has 3 aromatic rings. The number of halogens is 2. The van der Waals surface area contributed by atoms with Gasteiger partial charge < -0.3 is 10.2 Å². The van der Waals surface area contributed by atoms with Gasteiger partial charge in [-0.05, 0) is 47.6 Å². The molecule has 4 rings (SSSR count). The van der Waals surface area contributed by atoms with Crippen molar-refractivity contribution in [2.75, 3.05) is 31.5 Å². The summed E-state index contributed by atoms with van der Waals surface area (Å²) in [6, 6.07) is 17.8. The fraction of sp³-hybridized carbons (Fsp3) is 0.273. The molecule has 0 aliphatic carbocycles. The Balaban J connectivity index is 1.25. The third kappa shape index (κ3) is 5.73. The molecule has 0 radical (unpaired) electrons. The normalized spacial score (nSPS) is 14.7. The Hall–Kier alpha value is -2.12. The van der Waals surface area contributed by atoms with E-state index in [4.69, 9.17) is 35.4 Å². The Kier molecular flexibility index (Phi) is 6.89. The highest BCUT2D eigenvalue weighted by molar-refractivity contribution is 7.80. The van der Waals surface area contributed by atoms with Crippen LogP contribution >= 0.6 is 35.4 Å². The fourth-order valence-electron chi connectivity index (χ4n) is 3.44. The molecule has 1 aromatic heterocycles. The topological polar surface area (TPSA) is 36.3 Å². The summed E-state index contributed by atoms with van der Waals surface area (Å²) in [5.74, 6) is 0.762. The van der Waals surface area contributed by atoms with Crippen LogP contribution in [0.15, 0.2) is 60.8 Å². The molecular weight excluding hydrogens is 437 g/mol. The van der Waals surface area contributed by atoms with Crippen LogP contribution < -0.4 is 5.32 Å². The lowest BCUT2D eigenvalue weighted by atomic mass is 10.2. The van der Waals surface area contributed by atoms with Crippen molar-refractivity contribution in [1.29, 1.82) is 0 Å². The molecule has 2 heterocycles. The Bertz CT molecular complexity index is 980. The number of thiocarbonyl (C=S) groups is 1. The molecule has 156 valence electrons. The van der Waals surface area contributed by atoms with E-state index in [1.807, 2.05) is 53.3 Å². The summed E-state index contributed by atoms with van der Waals surface area (Å²) in [4.78, 5) is 4.63. The minimum atomic E-state index is 0.689. The fourth-order valence-corrected chi connectivity index (χ4v) is 3.98. The summed E-state index contributed by atoms with van der Waals surface area (Å²) < 4.78 is 1.89. The first kappa shape index (κ1) is 21.1. The highest BCUT2D eigenvalue weighted by atomic mass is 35.5. The average molecular weight is 460 g/mol. The SMILES string of the molecule is S=C(Nc1ccn(Cc2ccc(Cl)cc2)n1)N1CCN(Cc2ccc(Cl)cc2)CC1. The second-order valence-electron chi connectivity index (χ2n) is 7.34. The molecule has 0 amide bonds. The molecule has 0 bridgehead atoms. The molecule has 0 atom stereocenters. The number of anilines is 1. The minimum absolute atomic E-state index is 0.689. The lowest BCUT2D eigenvalue weighted by Crippen LogP contribution is -2.49. The zero-order chi connectivity index (χ0) is 20.9. The smallest absolute Gasteiger partial charge is 0.174 e. The van der Waals surface area contributed by atoms with Crippen LogP contribution in [0.1, 0.15) is 11.1 Å². The molecule has 1 aliphatic heterocycles. The van der Waals surface area contributed by atoms with E-state index in [9.17, 15) is 0 Å². The number of hydrogen-bond donors (Lipinski definition) is 1. The summed E-state index contributed by atoms with van der Waals surface area (Å²) in [7, 11) is 0. The highest BCUT2D eigenvalue weighted by Gasteiger charge is 2.19. The van der Waals surface area contributed by atoms with Gasteiger partial charge in [-0.25, -0.2) is 0 Å². The number of nitrogens with one attached hydrogen (secondary N) is 1. The number of nitrogens with zero attached hydrogens (tertiary/aromatic N) is 4. The second-order valence-corrected chi connectivity index (χ2v) is 8.60. The quantitative estimate of drug-likeness (QED) is 0.556. The summed E-state index contributed by atoms with van der Waals surface area (Å²) >= 11 is 17.5. The number of rotatable bonds is 5. The van der Waals surface area contributed by atoms with Crippen molar-refractivity contribution in [3.63, 3.8) is 0 Å². The monoisotopic (exact) mass is 459 g/mol. The van der Waals surface area contributed by atoms with Gasteiger partial charge in [-0.15, -0.1) is 0 Å². The van der Waals surface area contributed by atoms with Gasteiger partial charge in [-0.3, -0.25) is 9.58 Å². The van der Waals surface area contributed by atoms with E-state index < -0.39 is 0 Å². The average Bonchev–Trinajstić information content (AvgIpc) is 3.18. The van der Waals surface area contributed by atoms with E-state index in [-0.39, 0.29) is 0 Å². The van der Waals surface area contributed by atoms with Gasteiger partial charge >= 0.3 is 0 Å². The van der Waals surface area contributed by atoms with Crippen LogP contribution in [0.3, 0.4) is 0 Å². The van der Waals surface area contributed by atoms with Crippen molar-refractivity contribution in [3.8, 4) is 0 Å². The largest absolute Gasteiger partial charge is 0.346 e. The van der Waals surface area contributed by atoms with Crippen molar-refractivity contribution in [3.05, 3.63) is 82.0 Å². The molecule has 5 nitrogen and oxygen atoms in total. The predicted octanol–water partition coefficient (Wildman–Crippen LogP) is 4.75. The van der Waals surface area contributed by atoms with Crippen LogP contribution in [0, 0.1) is 0 Å². The van der Waals surface area contributed by atoms with Crippen LogP contribution in [-0.2, 0) is 13.1 Å². The van der Waals surface area contributed by atoms with E-state index in [0.717, 1.165) is 59.3 Å². The van der Waals surface area contributed by atoms with Crippen molar-refractivity contribution in [2.45, 2.75) is 13.1 Å². The third-order valence-electron chi connectivity index (χ3n) is 5.11. The van der Waals surface area contributed by atoms with Crippen LogP contribution in [-0.4, -0.2) is 50.9 Å². The maximum atomic E-state index is 5.97. The molecule has 2 aromatic carbocycles. The number of piperazine rings is 1. The van der Waals surface area contributed by atoms with Gasteiger partial charge in [0.2, 0.25) is 0 Å². The van der Waals surface area contributed by atoms with Crippen molar-refractivity contribution >= 4 is 46.4 Å². The van der Waals surface area contributed by atoms with Gasteiger partial charge in [-0.1, -0.05) is 47.5 Å². The third-order valence-corrected chi connectivity index (χ3v) is 5.98. The number of aromatic nitrogens is 2. The van der Waals surface area contributed by atoms with Crippen molar-refractivity contribution in [1.82, 2.24) is 19.6 Å². The molecule has 30 heavy (non-hydrogen) atoms. The molecule has 1 N–H and O–H groups in total. The molecule has 1 aliphatic rings. The highest BCUT2D eigenvalue weighted by Crippen LogP contribution is 2.14. The number of benzene rings is 2. The van der Waals surface area contributed by atoms with E-state index >= 15 is 0 Å². The first-order chi connectivity index (χ1) is 14.5. The Morgan fingerprint density at radius 3 is 2.00 bits per heavy atom. The molecule has 0 unspecified atom stereocenters. The number of hydrogen-bond acceptors (Lipinski definition) is 3. The molecular formula is C22H23Cl2N5S. The zero-order valence-corrected chi connectivity index (χ0v) is 18.8. The molecule has 0 spiro atoms. The Morgan fingerprint density at radius 1 is 0.833 bits per heavy atom. The van der Waals surface area contributed by atoms with E-state index in [2.05, 4.69) is 32.3 Å². The lowest BCUT2D eigenvalue weighted by molar-refractivity contribution is 0.177. The Morgan fingerprint density at radius 2 is 1.40 bits per heavy atom. The van der Waals surface area contributed by atoms with Gasteiger partial charge in [-0.2, -0.15) is 5.10 Å². The van der Waals surface area contributed by atoms with E-state index in [0.29, 0.717) is 6.54 Å². The van der Waals surface area contributed by atoms with Crippen LogP contribution in [0.2, 0.25) is 10.0 Å². The first-order valence-electron chi connectivity index (χ1n) is 9.86. The standard InChI is InChI=1S/C22H23Cl2N5S/c23-19-5-1-17(2-6-19)15-27-11-13-28(14-12-27)22(30)25-21-9-10-29(26-21)16-18-3-7-20(24)8-4-18/h1-10H,11-16H2,(H,25,26,30). The van der Waals surface area contributed by atoms with Gasteiger partial charge in [0.05, 0.1) is 6.54 Å². The lowest BCUT2D eigenvalue weighted by Gasteiger charge is -2.36. The zero-order valence-electron chi connectivity index (χ0n) is 16.5. The van der Waals surface area contributed by atoms with E-state index in [1.165, 1.54) is 5.56 Å². The summed E-state index contributed by atoms with van der Waals surface area (Å²) in [6.07, 6.45) is 1.95. The van der Waals surface area contributed by atoms with Crippen molar-refractivity contribution < 1.29 is 0 Å². The van der Waals surface area contributed by atoms with Gasteiger partial charge in [0, 0.05) is 55.0 Å². The van der Waals surface area contributed by atoms with Crippen molar-refractivity contribution in [2.24, 2.45) is 0 Å². The van der Waals surface area contributed by atoms with Crippen LogP contribution in [0.25, 0.3) is 0 Å². The summed E-state index contributed by atoms with van der Waals surface area (Å²) in [5, 5.41) is 10.1. The summed E-state index contributed by atoms with van der Waals surface area (Å²) in [6.45, 7) is 5.34. The summed E-state index contributed by atoms with van der Waals surface area (Å²) in [5.41, 5.74) is 2.42. The van der Waals surface area contributed by atoms with Crippen LogP contribution in [0.5, 0.6) is 0 Å². The molecule has 1 fully saturated rings. The van der Waals surface area contributed by atoms with Gasteiger partial charge in [0.15, 0.2) is 10.9 Å². The molecule has 1 saturated heterocycles. The maximum absolute atomic E-state index is 5.97. The predicted molar refractivity (Wildman–Crippen MR) is 127 cm³/mol. The van der Waals surface area contributed by atoms with Gasteiger partial charge in [0.1, 0.15) is 0 Å². The second kappa shape index (κ2) is 9.79. The maximum Gasteiger partial charge on any atom is 0.174 e. The van der Waals surface area contributed by atoms with Gasteiger partial charge in [0.25, 0.3) is 0 Å². The molecule has 8 heteroatoms. The van der Waals surface area contributed by atoms with Crippen LogP contribution in [0.4, 0.5) is 5.82 Å². The Labute approximate surface area is 192 Å². The first-order valence-corrected chi connectivity index (χ1v) is 11.0.